The molecule has 3 atom stereocenters. The molecule has 0 saturated heterocycles. The molecule has 11 nitrogen and oxygen atoms in total. The highest BCUT2D eigenvalue weighted by atomic mass is 16.4. The lowest BCUT2D eigenvalue weighted by Crippen LogP contribution is -2.32. The van der Waals surface area contributed by atoms with Crippen LogP contribution in [0.1, 0.15) is 25.7 Å². The van der Waals surface area contributed by atoms with Gasteiger partial charge in [0.25, 0.3) is 0 Å². The second-order valence-corrected chi connectivity index (χ2v) is 4.81. The Hall–Kier alpha value is -1.95. The van der Waals surface area contributed by atoms with Crippen molar-refractivity contribution in [2.45, 2.75) is 43.9 Å². The van der Waals surface area contributed by atoms with Crippen molar-refractivity contribution in [3.8, 4) is 0 Å². The van der Waals surface area contributed by atoms with Crippen molar-refractivity contribution in [1.29, 1.82) is 0 Å². The molecule has 0 aromatic carbocycles. The summed E-state index contributed by atoms with van der Waals surface area (Å²) in [7, 11) is 0. The molecule has 0 aliphatic heterocycles. The van der Waals surface area contributed by atoms with E-state index in [2.05, 4.69) is 4.99 Å². The smallest absolute Gasteiger partial charge is 0.320 e. The summed E-state index contributed by atoms with van der Waals surface area (Å²) in [6.45, 7) is 0.565. The number of hydrogen-bond acceptors (Lipinski definition) is 7. The number of guanidine groups is 1. The predicted octanol–water partition coefficient (Wildman–Crippen LogP) is -3.05. The molecule has 11 heteroatoms. The van der Waals surface area contributed by atoms with Gasteiger partial charge >= 0.3 is 11.9 Å². The summed E-state index contributed by atoms with van der Waals surface area (Å²) in [4.78, 5) is 24.1. The lowest BCUT2D eigenvalue weighted by Gasteiger charge is -2.09. The third-order valence-corrected chi connectivity index (χ3v) is 2.68. The SMILES string of the molecule is NC(N)=NCCCC(N)C(=O)O.NCC(O)CCC(N)C(=O)O. The highest BCUT2D eigenvalue weighted by Gasteiger charge is 2.12. The van der Waals surface area contributed by atoms with Crippen LogP contribution in [0.25, 0.3) is 0 Å². The summed E-state index contributed by atoms with van der Waals surface area (Å²) in [6, 6.07) is -1.71. The summed E-state index contributed by atoms with van der Waals surface area (Å²) in [5.41, 5.74) is 25.6. The molecule has 0 rings (SSSR count). The van der Waals surface area contributed by atoms with Crippen LogP contribution in [0.4, 0.5) is 0 Å². The molecular formula is C12H28N6O5. The van der Waals surface area contributed by atoms with E-state index < -0.39 is 30.1 Å². The number of carboxylic acids is 2. The van der Waals surface area contributed by atoms with E-state index in [0.29, 0.717) is 25.8 Å². The number of nitrogens with zero attached hydrogens (tertiary/aromatic N) is 1. The molecule has 0 aromatic rings. The van der Waals surface area contributed by atoms with E-state index in [0.717, 1.165) is 0 Å². The summed E-state index contributed by atoms with van der Waals surface area (Å²) >= 11 is 0. The first-order valence-electron chi connectivity index (χ1n) is 7.02. The number of rotatable bonds is 10. The largest absolute Gasteiger partial charge is 0.480 e. The number of aliphatic imine (C=N–C) groups is 1. The molecule has 0 aliphatic rings. The van der Waals surface area contributed by atoms with Crippen molar-refractivity contribution >= 4 is 17.9 Å². The number of aliphatic hydroxyl groups is 1. The monoisotopic (exact) mass is 336 g/mol. The van der Waals surface area contributed by atoms with E-state index in [4.69, 9.17) is 44.0 Å². The van der Waals surface area contributed by atoms with Crippen LogP contribution in [0.15, 0.2) is 4.99 Å². The molecule has 0 amide bonds. The lowest BCUT2D eigenvalue weighted by molar-refractivity contribution is -0.139. The van der Waals surface area contributed by atoms with E-state index in [1.54, 1.807) is 0 Å². The van der Waals surface area contributed by atoms with Crippen molar-refractivity contribution in [3.63, 3.8) is 0 Å². The van der Waals surface area contributed by atoms with Gasteiger partial charge in [0.1, 0.15) is 12.1 Å². The zero-order valence-corrected chi connectivity index (χ0v) is 13.0. The van der Waals surface area contributed by atoms with Crippen LogP contribution in [0, 0.1) is 0 Å². The van der Waals surface area contributed by atoms with Gasteiger partial charge in [-0.05, 0) is 25.7 Å². The molecule has 0 aliphatic carbocycles. The van der Waals surface area contributed by atoms with Gasteiger partial charge < -0.3 is 44.0 Å². The maximum atomic E-state index is 10.2. The Kier molecular flexibility index (Phi) is 13.9. The quantitative estimate of drug-likeness (QED) is 0.114. The molecule has 0 heterocycles. The fourth-order valence-electron chi connectivity index (χ4n) is 1.26. The molecule has 13 N–H and O–H groups in total. The van der Waals surface area contributed by atoms with Crippen molar-refractivity contribution in [2.24, 2.45) is 33.7 Å². The van der Waals surface area contributed by atoms with Crippen LogP contribution in [-0.4, -0.2) is 64.5 Å². The number of aliphatic hydroxyl groups excluding tert-OH is 1. The van der Waals surface area contributed by atoms with Gasteiger partial charge in [-0.25, -0.2) is 0 Å². The highest BCUT2D eigenvalue weighted by Crippen LogP contribution is 1.98. The molecule has 0 bridgehead atoms. The second-order valence-electron chi connectivity index (χ2n) is 4.81. The van der Waals surface area contributed by atoms with E-state index in [1.807, 2.05) is 0 Å². The third-order valence-electron chi connectivity index (χ3n) is 2.68. The number of hydrogen-bond donors (Lipinski definition) is 8. The Morgan fingerprint density at radius 2 is 1.43 bits per heavy atom. The molecule has 0 fully saturated rings. The topological polar surface area (TPSA) is 237 Å². The number of carboxylic acid groups (broad SMARTS) is 2. The molecule has 0 aromatic heterocycles. The standard InChI is InChI=1S/C6H14N4O2.C6H14N2O3/c7-4(5(11)12)2-1-3-10-6(8)9;7-3-4(9)1-2-5(8)6(10)11/h4H,1-3,7H2,(H,11,12)(H4,8,9,10);4-5,9H,1-3,7-8H2,(H,10,11). The van der Waals surface area contributed by atoms with Crippen LogP contribution in [0.2, 0.25) is 0 Å². The van der Waals surface area contributed by atoms with Gasteiger partial charge in [-0.15, -0.1) is 0 Å². The lowest BCUT2D eigenvalue weighted by atomic mass is 10.1. The van der Waals surface area contributed by atoms with E-state index in [1.165, 1.54) is 0 Å². The van der Waals surface area contributed by atoms with Gasteiger partial charge in [0.05, 0.1) is 6.10 Å². The van der Waals surface area contributed by atoms with E-state index in [-0.39, 0.29) is 18.9 Å². The first-order valence-corrected chi connectivity index (χ1v) is 7.02. The van der Waals surface area contributed by atoms with Gasteiger partial charge in [-0.2, -0.15) is 0 Å². The number of nitrogens with two attached hydrogens (primary N) is 5. The van der Waals surface area contributed by atoms with Crippen LogP contribution >= 0.6 is 0 Å². The summed E-state index contributed by atoms with van der Waals surface area (Å²) < 4.78 is 0. The Morgan fingerprint density at radius 3 is 1.83 bits per heavy atom. The van der Waals surface area contributed by atoms with Crippen molar-refractivity contribution in [3.05, 3.63) is 0 Å². The van der Waals surface area contributed by atoms with Gasteiger partial charge in [-0.1, -0.05) is 0 Å². The van der Waals surface area contributed by atoms with Crippen LogP contribution in [-0.2, 0) is 9.59 Å². The first-order chi connectivity index (χ1) is 10.6. The van der Waals surface area contributed by atoms with Crippen molar-refractivity contribution < 1.29 is 24.9 Å². The molecule has 23 heavy (non-hydrogen) atoms. The number of carbonyl (C=O) groups is 2. The summed E-state index contributed by atoms with van der Waals surface area (Å²) in [6.07, 6.45) is 0.912. The minimum atomic E-state index is -1.05. The van der Waals surface area contributed by atoms with Gasteiger partial charge in [-0.3, -0.25) is 14.6 Å². The minimum Gasteiger partial charge on any atom is -0.480 e. The first kappa shape index (κ1) is 23.3. The van der Waals surface area contributed by atoms with E-state index in [9.17, 15) is 9.59 Å². The van der Waals surface area contributed by atoms with Crippen LogP contribution in [0.5, 0.6) is 0 Å². The number of aliphatic carboxylic acids is 2. The average Bonchev–Trinajstić information content (AvgIpc) is 2.48. The normalized spacial score (nSPS) is 13.9. The molecule has 3 unspecified atom stereocenters. The van der Waals surface area contributed by atoms with Gasteiger partial charge in [0.15, 0.2) is 5.96 Å². The zero-order chi connectivity index (χ0) is 18.4. The Labute approximate surface area is 134 Å². The average molecular weight is 336 g/mol. The maximum absolute atomic E-state index is 10.2. The fourth-order valence-corrected chi connectivity index (χ4v) is 1.26. The maximum Gasteiger partial charge on any atom is 0.320 e. The van der Waals surface area contributed by atoms with E-state index >= 15 is 0 Å². The molecule has 0 radical (unpaired) electrons. The fraction of sp³-hybridized carbons (Fsp3) is 0.750. The Balaban J connectivity index is 0. The Bertz CT molecular complexity index is 375. The zero-order valence-electron chi connectivity index (χ0n) is 13.0. The second kappa shape index (κ2) is 13.7. The summed E-state index contributed by atoms with van der Waals surface area (Å²) in [5, 5.41) is 25.6. The van der Waals surface area contributed by atoms with Crippen molar-refractivity contribution in [2.75, 3.05) is 13.1 Å². The molecule has 0 saturated carbocycles. The van der Waals surface area contributed by atoms with Crippen molar-refractivity contribution in [1.82, 2.24) is 0 Å². The predicted molar refractivity (Wildman–Crippen MR) is 85.4 cm³/mol. The van der Waals surface area contributed by atoms with Gasteiger partial charge in [0.2, 0.25) is 0 Å². The van der Waals surface area contributed by atoms with Crippen LogP contribution in [0.3, 0.4) is 0 Å². The minimum absolute atomic E-state index is 0.0129. The highest BCUT2D eigenvalue weighted by molar-refractivity contribution is 5.75. The Morgan fingerprint density at radius 1 is 0.957 bits per heavy atom. The third kappa shape index (κ3) is 16.2. The summed E-state index contributed by atoms with van der Waals surface area (Å²) in [5.74, 6) is -2.03. The molecule has 0 spiro atoms. The molecular weight excluding hydrogens is 308 g/mol. The molecule has 136 valence electrons. The van der Waals surface area contributed by atoms with Gasteiger partial charge in [0, 0.05) is 13.1 Å². The van der Waals surface area contributed by atoms with Crippen LogP contribution < -0.4 is 28.7 Å².